The minimum absolute atomic E-state index is 0.126. The molecule has 21 heavy (non-hydrogen) atoms. The van der Waals surface area contributed by atoms with Gasteiger partial charge in [0.05, 0.1) is 6.61 Å². The first-order chi connectivity index (χ1) is 10.2. The summed E-state index contributed by atoms with van der Waals surface area (Å²) in [5.74, 6) is -0.904. The number of ether oxygens (including phenoxy) is 1. The van der Waals surface area contributed by atoms with Crippen molar-refractivity contribution in [2.45, 2.75) is 32.1 Å². The van der Waals surface area contributed by atoms with Crippen LogP contribution in [0.1, 0.15) is 37.0 Å². The first-order valence-corrected chi connectivity index (χ1v) is 8.10. The van der Waals surface area contributed by atoms with Crippen molar-refractivity contribution in [2.24, 2.45) is 10.9 Å². The Morgan fingerprint density at radius 2 is 2.33 bits per heavy atom. The lowest BCUT2D eigenvalue weighted by Crippen LogP contribution is -2.33. The summed E-state index contributed by atoms with van der Waals surface area (Å²) >= 11 is 1.57. The molecule has 5 heteroatoms. The van der Waals surface area contributed by atoms with Gasteiger partial charge in [-0.25, -0.2) is 0 Å². The summed E-state index contributed by atoms with van der Waals surface area (Å²) in [5.41, 5.74) is 1.58. The van der Waals surface area contributed by atoms with Crippen LogP contribution < -0.4 is 0 Å². The van der Waals surface area contributed by atoms with Crippen LogP contribution >= 0.6 is 11.3 Å². The topological polar surface area (TPSA) is 55.7 Å². The summed E-state index contributed by atoms with van der Waals surface area (Å²) in [6, 6.07) is 3.93. The molecule has 0 aromatic carbocycles. The highest BCUT2D eigenvalue weighted by atomic mass is 32.1. The van der Waals surface area contributed by atoms with Crippen LogP contribution in [-0.4, -0.2) is 24.6 Å². The number of carbonyl (C=O) groups is 2. The molecular formula is C16H17NO3S. The molecular weight excluding hydrogens is 286 g/mol. The van der Waals surface area contributed by atoms with E-state index in [2.05, 4.69) is 4.99 Å². The Hall–Kier alpha value is -1.75. The molecule has 0 radical (unpaired) electrons. The second-order valence-corrected chi connectivity index (χ2v) is 6.17. The molecule has 1 aromatic rings. The van der Waals surface area contributed by atoms with E-state index in [1.807, 2.05) is 17.5 Å². The summed E-state index contributed by atoms with van der Waals surface area (Å²) in [4.78, 5) is 30.0. The minimum atomic E-state index is -0.496. The highest BCUT2D eigenvalue weighted by molar-refractivity contribution is 7.10. The van der Waals surface area contributed by atoms with Crippen molar-refractivity contribution in [1.82, 2.24) is 0 Å². The molecule has 3 rings (SSSR count). The van der Waals surface area contributed by atoms with Gasteiger partial charge in [0, 0.05) is 34.7 Å². The van der Waals surface area contributed by atoms with Gasteiger partial charge < -0.3 is 4.74 Å². The number of rotatable bonds is 3. The fourth-order valence-electron chi connectivity index (χ4n) is 2.99. The number of Topliss-reactive ketones (excluding diaryl/α,β-unsaturated/α-hetero) is 1. The van der Waals surface area contributed by atoms with Gasteiger partial charge in [-0.3, -0.25) is 14.6 Å². The largest absolute Gasteiger partial charge is 0.465 e. The minimum Gasteiger partial charge on any atom is -0.465 e. The zero-order valence-corrected chi connectivity index (χ0v) is 12.7. The van der Waals surface area contributed by atoms with Crippen molar-refractivity contribution in [2.75, 3.05) is 6.61 Å². The third-order valence-corrected chi connectivity index (χ3v) is 4.85. The average Bonchev–Trinajstić information content (AvgIpc) is 3.00. The van der Waals surface area contributed by atoms with Gasteiger partial charge in [-0.05, 0) is 31.2 Å². The maximum absolute atomic E-state index is 12.4. The Labute approximate surface area is 127 Å². The summed E-state index contributed by atoms with van der Waals surface area (Å²) in [6.07, 6.45) is 3.87. The van der Waals surface area contributed by atoms with E-state index in [0.717, 1.165) is 29.0 Å². The normalized spacial score (nSPS) is 24.9. The first kappa shape index (κ1) is 14.2. The summed E-state index contributed by atoms with van der Waals surface area (Å²) in [7, 11) is 0. The zero-order chi connectivity index (χ0) is 14.8. The van der Waals surface area contributed by atoms with Gasteiger partial charge in [0.2, 0.25) is 0 Å². The van der Waals surface area contributed by atoms with E-state index in [0.29, 0.717) is 13.0 Å². The molecule has 0 N–H and O–H groups in total. The fourth-order valence-corrected chi connectivity index (χ4v) is 3.87. The van der Waals surface area contributed by atoms with Crippen molar-refractivity contribution in [3.63, 3.8) is 0 Å². The Morgan fingerprint density at radius 1 is 1.48 bits per heavy atom. The summed E-state index contributed by atoms with van der Waals surface area (Å²) in [6.45, 7) is 2.12. The van der Waals surface area contributed by atoms with Crippen molar-refractivity contribution in [3.8, 4) is 0 Å². The van der Waals surface area contributed by atoms with E-state index >= 15 is 0 Å². The molecule has 4 nitrogen and oxygen atoms in total. The third-order valence-electron chi connectivity index (χ3n) is 3.90. The Balaban J connectivity index is 2.04. The van der Waals surface area contributed by atoms with Crippen LogP contribution in [0.15, 0.2) is 33.8 Å². The quantitative estimate of drug-likeness (QED) is 0.806. The van der Waals surface area contributed by atoms with Crippen LogP contribution in [0.2, 0.25) is 0 Å². The predicted molar refractivity (Wildman–Crippen MR) is 81.6 cm³/mol. The highest BCUT2D eigenvalue weighted by Gasteiger charge is 2.40. The van der Waals surface area contributed by atoms with Crippen LogP contribution in [0.5, 0.6) is 0 Å². The smallest absolute Gasteiger partial charge is 0.315 e. The van der Waals surface area contributed by atoms with Gasteiger partial charge in [-0.2, -0.15) is 0 Å². The summed E-state index contributed by atoms with van der Waals surface area (Å²) in [5, 5.41) is 1.97. The number of hydrogen-bond acceptors (Lipinski definition) is 5. The van der Waals surface area contributed by atoms with Crippen LogP contribution in [0.4, 0.5) is 0 Å². The molecule has 1 aliphatic carbocycles. The Morgan fingerprint density at radius 3 is 3.05 bits per heavy atom. The molecule has 0 bridgehead atoms. The van der Waals surface area contributed by atoms with Crippen LogP contribution in [0.25, 0.3) is 0 Å². The van der Waals surface area contributed by atoms with Crippen LogP contribution in [0, 0.1) is 5.92 Å². The van der Waals surface area contributed by atoms with Crippen molar-refractivity contribution in [3.05, 3.63) is 33.7 Å². The van der Waals surface area contributed by atoms with Gasteiger partial charge in [0.15, 0.2) is 5.78 Å². The van der Waals surface area contributed by atoms with Gasteiger partial charge >= 0.3 is 5.97 Å². The maximum atomic E-state index is 12.4. The van der Waals surface area contributed by atoms with Crippen LogP contribution in [-0.2, 0) is 14.3 Å². The molecule has 2 heterocycles. The Kier molecular flexibility index (Phi) is 4.01. The Bertz CT molecular complexity index is 615. The summed E-state index contributed by atoms with van der Waals surface area (Å²) < 4.78 is 5.17. The molecule has 110 valence electrons. The van der Waals surface area contributed by atoms with Gasteiger partial charge in [0.1, 0.15) is 5.92 Å². The van der Waals surface area contributed by atoms with Gasteiger partial charge in [-0.15, -0.1) is 11.3 Å². The standard InChI is InChI=1S/C16H17NO3S/c1-2-20-16(19)10-9-17-11-5-3-6-12(18)15(11)14(10)13-7-4-8-21-13/h4,7-10,14H,2-3,5-6H2,1H3/t10?,14-/m0/s1. The monoisotopic (exact) mass is 303 g/mol. The first-order valence-electron chi connectivity index (χ1n) is 7.22. The SMILES string of the molecule is CCOC(=O)C1C=NC2=C(C(=O)CCC2)[C@@H]1c1cccs1. The molecule has 2 aliphatic rings. The molecule has 0 fully saturated rings. The molecule has 0 spiro atoms. The predicted octanol–water partition coefficient (Wildman–Crippen LogP) is 3.10. The molecule has 2 atom stereocenters. The number of allylic oxidation sites excluding steroid dienone is 2. The number of carbonyl (C=O) groups excluding carboxylic acids is 2. The van der Waals surface area contributed by atoms with Crippen LogP contribution in [0.3, 0.4) is 0 Å². The molecule has 0 saturated heterocycles. The number of nitrogens with zero attached hydrogens (tertiary/aromatic N) is 1. The lowest BCUT2D eigenvalue weighted by molar-refractivity contribution is -0.145. The van der Waals surface area contributed by atoms with E-state index in [4.69, 9.17) is 4.74 Å². The van der Waals surface area contributed by atoms with Gasteiger partial charge in [-0.1, -0.05) is 6.07 Å². The highest BCUT2D eigenvalue weighted by Crippen LogP contribution is 2.43. The number of ketones is 1. The average molecular weight is 303 g/mol. The van der Waals surface area contributed by atoms with E-state index in [1.54, 1.807) is 24.5 Å². The number of aliphatic imine (C=N–C) groups is 1. The molecule has 0 saturated carbocycles. The molecule has 0 amide bonds. The lowest BCUT2D eigenvalue weighted by atomic mass is 9.76. The molecule has 1 aliphatic heterocycles. The van der Waals surface area contributed by atoms with Gasteiger partial charge in [0.25, 0.3) is 0 Å². The molecule has 1 aromatic heterocycles. The second kappa shape index (κ2) is 5.93. The number of thiophene rings is 1. The maximum Gasteiger partial charge on any atom is 0.315 e. The lowest BCUT2D eigenvalue weighted by Gasteiger charge is -2.30. The molecule has 1 unspecified atom stereocenters. The second-order valence-electron chi connectivity index (χ2n) is 5.19. The zero-order valence-electron chi connectivity index (χ0n) is 11.9. The van der Waals surface area contributed by atoms with Crippen molar-refractivity contribution < 1.29 is 14.3 Å². The van der Waals surface area contributed by atoms with E-state index in [1.165, 1.54) is 0 Å². The van der Waals surface area contributed by atoms with E-state index < -0.39 is 5.92 Å². The number of hydrogen-bond donors (Lipinski definition) is 0. The fraction of sp³-hybridized carbons (Fsp3) is 0.438. The number of esters is 1. The van der Waals surface area contributed by atoms with E-state index in [-0.39, 0.29) is 17.7 Å². The van der Waals surface area contributed by atoms with Crippen molar-refractivity contribution in [1.29, 1.82) is 0 Å². The third kappa shape index (κ3) is 2.58. The van der Waals surface area contributed by atoms with Crippen molar-refractivity contribution >= 4 is 29.3 Å². The van der Waals surface area contributed by atoms with E-state index in [9.17, 15) is 9.59 Å².